The van der Waals surface area contributed by atoms with Crippen LogP contribution < -0.4 is 9.46 Å². The van der Waals surface area contributed by atoms with Gasteiger partial charge in [-0.2, -0.15) is 0 Å². The summed E-state index contributed by atoms with van der Waals surface area (Å²) in [5.41, 5.74) is 1.61. The Balaban J connectivity index is 1.83. The summed E-state index contributed by atoms with van der Waals surface area (Å²) in [6, 6.07) is 11.1. The minimum Gasteiger partial charge on any atom is -0.482 e. The summed E-state index contributed by atoms with van der Waals surface area (Å²) >= 11 is 0. The van der Waals surface area contributed by atoms with Gasteiger partial charge < -0.3 is 9.84 Å². The fourth-order valence-electron chi connectivity index (χ4n) is 2.57. The highest BCUT2D eigenvalue weighted by Crippen LogP contribution is 2.24. The summed E-state index contributed by atoms with van der Waals surface area (Å²) in [4.78, 5) is 10.6. The van der Waals surface area contributed by atoms with Crippen molar-refractivity contribution in [2.24, 2.45) is 0 Å². The smallest absolute Gasteiger partial charge is 0.341 e. The lowest BCUT2D eigenvalue weighted by Crippen LogP contribution is -2.14. The largest absolute Gasteiger partial charge is 0.482 e. The van der Waals surface area contributed by atoms with Crippen molar-refractivity contribution in [3.05, 3.63) is 60.2 Å². The van der Waals surface area contributed by atoms with E-state index in [-0.39, 0.29) is 4.90 Å². The number of carboxylic acids is 1. The quantitative estimate of drug-likeness (QED) is 0.620. The van der Waals surface area contributed by atoms with E-state index in [2.05, 4.69) is 14.9 Å². The number of hydrogen-bond donors (Lipinski definition) is 2. The van der Waals surface area contributed by atoms with E-state index in [9.17, 15) is 13.2 Å². The van der Waals surface area contributed by atoms with Crippen molar-refractivity contribution < 1.29 is 23.1 Å². The molecule has 2 N–H and O–H groups in total. The highest BCUT2D eigenvalue weighted by Gasteiger charge is 2.16. The topological polar surface area (TPSA) is 123 Å². The van der Waals surface area contributed by atoms with Gasteiger partial charge in [0.1, 0.15) is 17.9 Å². The van der Waals surface area contributed by atoms with Gasteiger partial charge >= 0.3 is 5.97 Å². The van der Waals surface area contributed by atoms with Crippen LogP contribution in [0.15, 0.2) is 53.7 Å². The third-order valence-corrected chi connectivity index (χ3v) is 5.28. The molecule has 0 aliphatic rings. The van der Waals surface area contributed by atoms with Crippen LogP contribution >= 0.6 is 0 Å². The molecule has 0 spiro atoms. The van der Waals surface area contributed by atoms with Crippen LogP contribution in [-0.2, 0) is 14.8 Å². The van der Waals surface area contributed by atoms with Crippen LogP contribution in [0.1, 0.15) is 11.4 Å². The molecule has 3 rings (SSSR count). The van der Waals surface area contributed by atoms with Gasteiger partial charge in [0.25, 0.3) is 10.0 Å². The van der Waals surface area contributed by atoms with Crippen LogP contribution in [0.25, 0.3) is 5.69 Å². The molecule has 0 bridgehead atoms. The summed E-state index contributed by atoms with van der Waals surface area (Å²) in [6.45, 7) is 2.94. The molecule has 0 aliphatic heterocycles. The summed E-state index contributed by atoms with van der Waals surface area (Å²) in [7, 11) is -3.84. The monoisotopic (exact) mass is 402 g/mol. The third-order valence-electron chi connectivity index (χ3n) is 3.90. The first-order valence-corrected chi connectivity index (χ1v) is 9.70. The molecular formula is C18H18N4O5S. The Labute approximate surface area is 161 Å². The van der Waals surface area contributed by atoms with Crippen molar-refractivity contribution in [3.63, 3.8) is 0 Å². The van der Waals surface area contributed by atoms with Crippen molar-refractivity contribution in [1.29, 1.82) is 0 Å². The van der Waals surface area contributed by atoms with Gasteiger partial charge in [-0.1, -0.05) is 6.07 Å². The number of hydrogen-bond acceptors (Lipinski definition) is 6. The normalized spacial score (nSPS) is 11.2. The SMILES string of the molecule is Cc1cc(S(=O)(=O)Nc2cccc(-n3cnnc3C)c2)ccc1OCC(=O)O. The third kappa shape index (κ3) is 4.29. The number of ether oxygens (including phenoxy) is 1. The van der Waals surface area contributed by atoms with Crippen molar-refractivity contribution in [2.45, 2.75) is 18.7 Å². The average Bonchev–Trinajstić information content (AvgIpc) is 3.06. The minimum absolute atomic E-state index is 0.0403. The molecular weight excluding hydrogens is 384 g/mol. The maximum Gasteiger partial charge on any atom is 0.341 e. The van der Waals surface area contributed by atoms with E-state index in [1.54, 1.807) is 42.9 Å². The number of sulfonamides is 1. The number of aliphatic carboxylic acids is 1. The highest BCUT2D eigenvalue weighted by atomic mass is 32.2. The molecule has 0 atom stereocenters. The van der Waals surface area contributed by atoms with Gasteiger partial charge in [-0.05, 0) is 55.8 Å². The zero-order valence-electron chi connectivity index (χ0n) is 15.2. The standard InChI is InChI=1S/C18H18N4O5S/c1-12-8-16(6-7-17(12)27-10-18(23)24)28(25,26)21-14-4-3-5-15(9-14)22-11-19-20-13(22)2/h3-9,11,21H,10H2,1-2H3,(H,23,24). The summed E-state index contributed by atoms with van der Waals surface area (Å²) in [5.74, 6) is -0.125. The Bertz CT molecular complexity index is 1120. The van der Waals surface area contributed by atoms with Crippen molar-refractivity contribution >= 4 is 21.7 Å². The number of anilines is 1. The van der Waals surface area contributed by atoms with Crippen LogP contribution in [0.4, 0.5) is 5.69 Å². The second-order valence-electron chi connectivity index (χ2n) is 6.01. The summed E-state index contributed by atoms with van der Waals surface area (Å²) in [6.07, 6.45) is 1.54. The highest BCUT2D eigenvalue weighted by molar-refractivity contribution is 7.92. The molecule has 9 nitrogen and oxygen atoms in total. The van der Waals surface area contributed by atoms with Gasteiger partial charge in [-0.25, -0.2) is 13.2 Å². The van der Waals surface area contributed by atoms with Gasteiger partial charge in [0, 0.05) is 0 Å². The predicted molar refractivity (Wildman–Crippen MR) is 101 cm³/mol. The van der Waals surface area contributed by atoms with Crippen LogP contribution in [0.5, 0.6) is 5.75 Å². The van der Waals surface area contributed by atoms with Gasteiger partial charge in [0.15, 0.2) is 6.61 Å². The van der Waals surface area contributed by atoms with E-state index in [0.717, 1.165) is 5.69 Å². The molecule has 0 amide bonds. The number of nitrogens with zero attached hydrogens (tertiary/aromatic N) is 3. The molecule has 0 fully saturated rings. The molecule has 0 aliphatic carbocycles. The van der Waals surface area contributed by atoms with Crippen LogP contribution in [0.2, 0.25) is 0 Å². The number of rotatable bonds is 7. The van der Waals surface area contributed by atoms with Crippen molar-refractivity contribution in [1.82, 2.24) is 14.8 Å². The summed E-state index contributed by atoms with van der Waals surface area (Å²) in [5, 5.41) is 16.4. The maximum atomic E-state index is 12.7. The van der Waals surface area contributed by atoms with Crippen LogP contribution in [0, 0.1) is 13.8 Å². The Morgan fingerprint density at radius 1 is 1.21 bits per heavy atom. The fraction of sp³-hybridized carbons (Fsp3) is 0.167. The lowest BCUT2D eigenvalue weighted by atomic mass is 10.2. The molecule has 28 heavy (non-hydrogen) atoms. The first kappa shape index (κ1) is 19.4. The molecule has 0 saturated heterocycles. The molecule has 146 valence electrons. The average molecular weight is 402 g/mol. The second kappa shape index (κ2) is 7.69. The minimum atomic E-state index is -3.84. The molecule has 10 heteroatoms. The number of carbonyl (C=O) groups is 1. The Morgan fingerprint density at radius 3 is 2.64 bits per heavy atom. The molecule has 0 unspecified atom stereocenters. The van der Waals surface area contributed by atoms with E-state index in [4.69, 9.17) is 9.84 Å². The van der Waals surface area contributed by atoms with Crippen molar-refractivity contribution in [3.8, 4) is 11.4 Å². The van der Waals surface area contributed by atoms with Gasteiger partial charge in [0.05, 0.1) is 16.3 Å². The van der Waals surface area contributed by atoms with E-state index >= 15 is 0 Å². The van der Waals surface area contributed by atoms with Crippen LogP contribution in [0.3, 0.4) is 0 Å². The Morgan fingerprint density at radius 2 is 2.00 bits per heavy atom. The second-order valence-corrected chi connectivity index (χ2v) is 7.70. The number of aromatic nitrogens is 3. The van der Waals surface area contributed by atoms with E-state index < -0.39 is 22.6 Å². The molecule has 0 saturated carbocycles. The lowest BCUT2D eigenvalue weighted by molar-refractivity contribution is -0.139. The van der Waals surface area contributed by atoms with Crippen LogP contribution in [-0.4, -0.2) is 40.9 Å². The predicted octanol–water partition coefficient (Wildman–Crippen LogP) is 2.15. The first-order valence-electron chi connectivity index (χ1n) is 8.21. The van der Waals surface area contributed by atoms with Gasteiger partial charge in [-0.15, -0.1) is 10.2 Å². The van der Waals surface area contributed by atoms with E-state index in [1.807, 2.05) is 6.07 Å². The number of nitrogens with one attached hydrogen (secondary N) is 1. The van der Waals surface area contributed by atoms with E-state index in [0.29, 0.717) is 22.8 Å². The zero-order chi connectivity index (χ0) is 20.3. The molecule has 3 aromatic rings. The Kier molecular flexibility index (Phi) is 5.32. The summed E-state index contributed by atoms with van der Waals surface area (Å²) < 4.78 is 34.8. The number of aryl methyl sites for hydroxylation is 2. The Hall–Kier alpha value is -3.40. The number of carboxylic acid groups (broad SMARTS) is 1. The number of benzene rings is 2. The molecule has 1 aromatic heterocycles. The molecule has 2 aromatic carbocycles. The maximum absolute atomic E-state index is 12.7. The van der Waals surface area contributed by atoms with Crippen molar-refractivity contribution in [2.75, 3.05) is 11.3 Å². The first-order chi connectivity index (χ1) is 13.3. The van der Waals surface area contributed by atoms with Gasteiger partial charge in [0.2, 0.25) is 0 Å². The van der Waals surface area contributed by atoms with E-state index in [1.165, 1.54) is 18.2 Å². The lowest BCUT2D eigenvalue weighted by Gasteiger charge is -2.12. The fourth-order valence-corrected chi connectivity index (χ4v) is 3.70. The molecule has 0 radical (unpaired) electrons. The van der Waals surface area contributed by atoms with Gasteiger partial charge in [-0.3, -0.25) is 9.29 Å². The molecule has 1 heterocycles. The zero-order valence-corrected chi connectivity index (χ0v) is 16.0.